The van der Waals surface area contributed by atoms with Crippen molar-refractivity contribution in [3.8, 4) is 28.0 Å². The molecule has 5 rings (SSSR count). The summed E-state index contributed by atoms with van der Waals surface area (Å²) in [6.07, 6.45) is 5.49. The fraction of sp³-hybridized carbons (Fsp3) is 0.259. The van der Waals surface area contributed by atoms with Gasteiger partial charge in [0.2, 0.25) is 0 Å². The first-order valence-corrected chi connectivity index (χ1v) is 11.3. The van der Waals surface area contributed by atoms with Gasteiger partial charge in [0.25, 0.3) is 5.91 Å². The second-order valence-corrected chi connectivity index (χ2v) is 8.52. The Kier molecular flexibility index (Phi) is 5.84. The molecule has 2 N–H and O–H groups in total. The Labute approximate surface area is 192 Å². The number of piperidine rings is 1. The molecule has 0 saturated carbocycles. The third-order valence-corrected chi connectivity index (χ3v) is 6.53. The van der Waals surface area contributed by atoms with Crippen molar-refractivity contribution in [2.75, 3.05) is 26.8 Å². The third-order valence-electron chi connectivity index (χ3n) is 6.53. The molecule has 1 amide bonds. The Morgan fingerprint density at radius 2 is 1.91 bits per heavy atom. The number of aliphatic hydroxyl groups excluding tert-OH is 1. The molecular formula is C27H27N3O3. The molecule has 0 unspecified atom stereocenters. The number of hydrogen-bond acceptors (Lipinski definition) is 4. The average Bonchev–Trinajstić information content (AvgIpc) is 3.31. The maximum atomic E-state index is 13.1. The molecule has 1 aliphatic rings. The van der Waals surface area contributed by atoms with Crippen LogP contribution in [0, 0.1) is 5.92 Å². The summed E-state index contributed by atoms with van der Waals surface area (Å²) in [5, 5.41) is 10.4. The predicted octanol–water partition coefficient (Wildman–Crippen LogP) is 4.75. The molecule has 1 fully saturated rings. The zero-order valence-electron chi connectivity index (χ0n) is 18.6. The van der Waals surface area contributed by atoms with Crippen LogP contribution in [0.1, 0.15) is 23.2 Å². The Morgan fingerprint density at radius 1 is 1.09 bits per heavy atom. The molecule has 6 heteroatoms. The SMILES string of the molecule is COc1ccccc1-c1c[nH]c2ncc(-c3cccc(C(=O)N4CCC(CO)CC4)c3)cc12. The fourth-order valence-corrected chi connectivity index (χ4v) is 4.58. The molecule has 2 aromatic carbocycles. The van der Waals surface area contributed by atoms with E-state index in [4.69, 9.17) is 4.74 Å². The van der Waals surface area contributed by atoms with Crippen LogP contribution in [0.25, 0.3) is 33.3 Å². The maximum absolute atomic E-state index is 13.1. The lowest BCUT2D eigenvalue weighted by atomic mass is 9.96. The number of benzene rings is 2. The minimum Gasteiger partial charge on any atom is -0.496 e. The average molecular weight is 442 g/mol. The Hall–Kier alpha value is -3.64. The number of methoxy groups -OCH3 is 1. The van der Waals surface area contributed by atoms with E-state index in [1.54, 1.807) is 7.11 Å². The zero-order valence-corrected chi connectivity index (χ0v) is 18.6. The van der Waals surface area contributed by atoms with Gasteiger partial charge in [0.05, 0.1) is 7.11 Å². The van der Waals surface area contributed by atoms with Gasteiger partial charge in [-0.15, -0.1) is 0 Å². The largest absolute Gasteiger partial charge is 0.496 e. The van der Waals surface area contributed by atoms with E-state index in [-0.39, 0.29) is 12.5 Å². The first-order chi connectivity index (χ1) is 16.2. The number of aromatic amines is 1. The van der Waals surface area contributed by atoms with Crippen LogP contribution in [0.5, 0.6) is 5.75 Å². The van der Waals surface area contributed by atoms with E-state index >= 15 is 0 Å². The van der Waals surface area contributed by atoms with Gasteiger partial charge in [0.15, 0.2) is 0 Å². The summed E-state index contributed by atoms with van der Waals surface area (Å²) in [5.41, 5.74) is 5.41. The number of fused-ring (bicyclic) bond motifs is 1. The van der Waals surface area contributed by atoms with E-state index in [0.29, 0.717) is 24.6 Å². The molecule has 168 valence electrons. The quantitative estimate of drug-likeness (QED) is 0.469. The van der Waals surface area contributed by atoms with Crippen LogP contribution >= 0.6 is 0 Å². The number of amides is 1. The van der Waals surface area contributed by atoms with Crippen molar-refractivity contribution in [2.45, 2.75) is 12.8 Å². The molecule has 0 aliphatic carbocycles. The van der Waals surface area contributed by atoms with Crippen LogP contribution in [0.4, 0.5) is 0 Å². The monoisotopic (exact) mass is 441 g/mol. The number of carbonyl (C=O) groups is 1. The first-order valence-electron chi connectivity index (χ1n) is 11.3. The summed E-state index contributed by atoms with van der Waals surface area (Å²) in [7, 11) is 1.67. The molecule has 1 aliphatic heterocycles. The number of ether oxygens (including phenoxy) is 1. The van der Waals surface area contributed by atoms with E-state index in [0.717, 1.165) is 51.9 Å². The van der Waals surface area contributed by atoms with Crippen molar-refractivity contribution in [1.82, 2.24) is 14.9 Å². The second-order valence-electron chi connectivity index (χ2n) is 8.52. The number of hydrogen-bond donors (Lipinski definition) is 2. The summed E-state index contributed by atoms with van der Waals surface area (Å²) < 4.78 is 5.56. The van der Waals surface area contributed by atoms with Gasteiger partial charge in [0, 0.05) is 59.7 Å². The highest BCUT2D eigenvalue weighted by Crippen LogP contribution is 2.36. The summed E-state index contributed by atoms with van der Waals surface area (Å²) >= 11 is 0. The summed E-state index contributed by atoms with van der Waals surface area (Å²) in [6, 6.07) is 17.8. The number of likely N-dealkylation sites (tertiary alicyclic amines) is 1. The predicted molar refractivity (Wildman–Crippen MR) is 129 cm³/mol. The summed E-state index contributed by atoms with van der Waals surface area (Å²) in [4.78, 5) is 22.9. The highest BCUT2D eigenvalue weighted by molar-refractivity contribution is 5.98. The fourth-order valence-electron chi connectivity index (χ4n) is 4.58. The molecular weight excluding hydrogens is 414 g/mol. The van der Waals surface area contributed by atoms with Crippen molar-refractivity contribution in [1.29, 1.82) is 0 Å². The van der Waals surface area contributed by atoms with E-state index < -0.39 is 0 Å². The van der Waals surface area contributed by atoms with Gasteiger partial charge in [-0.25, -0.2) is 4.98 Å². The molecule has 33 heavy (non-hydrogen) atoms. The lowest BCUT2D eigenvalue weighted by Gasteiger charge is -2.31. The number of nitrogens with one attached hydrogen (secondary N) is 1. The number of aromatic nitrogens is 2. The first kappa shape index (κ1) is 21.2. The van der Waals surface area contributed by atoms with E-state index in [2.05, 4.69) is 16.0 Å². The van der Waals surface area contributed by atoms with E-state index in [1.165, 1.54) is 0 Å². The number of aliphatic hydroxyl groups is 1. The number of rotatable bonds is 5. The second kappa shape index (κ2) is 9.08. The van der Waals surface area contributed by atoms with Crippen LogP contribution in [-0.2, 0) is 0 Å². The summed E-state index contributed by atoms with van der Waals surface area (Å²) in [6.45, 7) is 1.57. The lowest BCUT2D eigenvalue weighted by molar-refractivity contribution is 0.0651. The molecule has 3 heterocycles. The van der Waals surface area contributed by atoms with Crippen LogP contribution in [0.15, 0.2) is 67.0 Å². The Bertz CT molecular complexity index is 1290. The smallest absolute Gasteiger partial charge is 0.253 e. The van der Waals surface area contributed by atoms with Gasteiger partial charge in [-0.3, -0.25) is 4.79 Å². The Morgan fingerprint density at radius 3 is 2.70 bits per heavy atom. The number of pyridine rings is 1. The minimum absolute atomic E-state index is 0.0404. The molecule has 0 bridgehead atoms. The maximum Gasteiger partial charge on any atom is 0.253 e. The van der Waals surface area contributed by atoms with Crippen LogP contribution in [0.3, 0.4) is 0 Å². The van der Waals surface area contributed by atoms with Crippen molar-refractivity contribution in [2.24, 2.45) is 5.92 Å². The molecule has 0 atom stereocenters. The molecule has 6 nitrogen and oxygen atoms in total. The normalized spacial score (nSPS) is 14.5. The number of carbonyl (C=O) groups excluding carboxylic acids is 1. The number of nitrogens with zero attached hydrogens (tertiary/aromatic N) is 2. The minimum atomic E-state index is 0.0404. The van der Waals surface area contributed by atoms with Gasteiger partial charge >= 0.3 is 0 Å². The Balaban J connectivity index is 1.47. The molecule has 0 radical (unpaired) electrons. The van der Waals surface area contributed by atoms with E-state index in [1.807, 2.05) is 65.8 Å². The van der Waals surface area contributed by atoms with Gasteiger partial charge in [0.1, 0.15) is 11.4 Å². The van der Waals surface area contributed by atoms with Crippen LogP contribution in [0.2, 0.25) is 0 Å². The third kappa shape index (κ3) is 4.10. The molecule has 1 saturated heterocycles. The number of para-hydroxylation sites is 1. The zero-order chi connectivity index (χ0) is 22.8. The van der Waals surface area contributed by atoms with Gasteiger partial charge in [-0.05, 0) is 48.6 Å². The van der Waals surface area contributed by atoms with Gasteiger partial charge in [-0.2, -0.15) is 0 Å². The summed E-state index contributed by atoms with van der Waals surface area (Å²) in [5.74, 6) is 1.15. The van der Waals surface area contributed by atoms with Crippen LogP contribution in [-0.4, -0.2) is 52.7 Å². The van der Waals surface area contributed by atoms with Crippen molar-refractivity contribution >= 4 is 16.9 Å². The molecule has 0 spiro atoms. The molecule has 4 aromatic rings. The molecule has 2 aromatic heterocycles. The van der Waals surface area contributed by atoms with E-state index in [9.17, 15) is 9.90 Å². The van der Waals surface area contributed by atoms with Crippen molar-refractivity contribution in [3.05, 3.63) is 72.6 Å². The van der Waals surface area contributed by atoms with Crippen LogP contribution < -0.4 is 4.74 Å². The topological polar surface area (TPSA) is 78.5 Å². The van der Waals surface area contributed by atoms with Gasteiger partial charge in [-0.1, -0.05) is 30.3 Å². The highest BCUT2D eigenvalue weighted by atomic mass is 16.5. The van der Waals surface area contributed by atoms with Gasteiger partial charge < -0.3 is 19.7 Å². The number of H-pyrrole nitrogens is 1. The lowest BCUT2D eigenvalue weighted by Crippen LogP contribution is -2.39. The standard InChI is InChI=1S/C27H27N3O3/c1-33-25-8-3-2-7-22(25)24-16-29-26-23(24)14-21(15-28-26)19-5-4-6-20(13-19)27(32)30-11-9-18(17-31)10-12-30/h2-8,13-16,18,31H,9-12,17H2,1H3,(H,28,29). The van der Waals surface area contributed by atoms with Crippen molar-refractivity contribution in [3.63, 3.8) is 0 Å². The highest BCUT2D eigenvalue weighted by Gasteiger charge is 2.23. The van der Waals surface area contributed by atoms with Crippen molar-refractivity contribution < 1.29 is 14.6 Å².